The van der Waals surface area contributed by atoms with Crippen molar-refractivity contribution in [2.75, 3.05) is 10.6 Å². The molecule has 0 aliphatic heterocycles. The summed E-state index contributed by atoms with van der Waals surface area (Å²) >= 11 is 6.01. The van der Waals surface area contributed by atoms with Crippen molar-refractivity contribution in [3.05, 3.63) is 77.8 Å². The normalized spacial score (nSPS) is 9.96. The molecule has 2 aromatic carbocycles. The number of pyridine rings is 1. The van der Waals surface area contributed by atoms with Gasteiger partial charge in [-0.15, -0.1) is 0 Å². The quantitative estimate of drug-likeness (QED) is 0.664. The molecule has 0 spiro atoms. The molecule has 2 amide bonds. The van der Waals surface area contributed by atoms with E-state index in [1.54, 1.807) is 60.7 Å². The molecule has 27 heavy (non-hydrogen) atoms. The van der Waals surface area contributed by atoms with Crippen LogP contribution in [-0.4, -0.2) is 17.2 Å². The van der Waals surface area contributed by atoms with Crippen LogP contribution >= 0.6 is 11.6 Å². The highest BCUT2D eigenvalue weighted by Crippen LogP contribution is 2.20. The number of carbonyl (C=O) groups excluding carboxylic acids is 2. The molecule has 1 aromatic heterocycles. The summed E-state index contributed by atoms with van der Waals surface area (Å²) in [6.45, 7) is 0. The first-order chi connectivity index (χ1) is 13.1. The molecule has 0 aliphatic rings. The molecule has 1 heterocycles. The fourth-order valence-corrected chi connectivity index (χ4v) is 2.28. The van der Waals surface area contributed by atoms with Gasteiger partial charge in [0.1, 0.15) is 23.1 Å². The van der Waals surface area contributed by atoms with Gasteiger partial charge >= 0.3 is 12.2 Å². The van der Waals surface area contributed by atoms with E-state index in [0.717, 1.165) is 0 Å². The van der Waals surface area contributed by atoms with Crippen LogP contribution in [0.4, 0.5) is 21.2 Å². The number of hydrogen-bond donors (Lipinski definition) is 2. The largest absolute Gasteiger partial charge is 0.418 e. The van der Waals surface area contributed by atoms with Crippen molar-refractivity contribution in [3.63, 3.8) is 0 Å². The lowest BCUT2D eigenvalue weighted by molar-refractivity contribution is 0.214. The summed E-state index contributed by atoms with van der Waals surface area (Å²) in [5.74, 6) is 0.973. The number of para-hydroxylation sites is 2. The molecular weight excluding hydrogens is 370 g/mol. The highest BCUT2D eigenvalue weighted by Gasteiger charge is 2.11. The van der Waals surface area contributed by atoms with Gasteiger partial charge in [0.05, 0.1) is 0 Å². The Balaban J connectivity index is 1.63. The second-order valence-electron chi connectivity index (χ2n) is 5.21. The van der Waals surface area contributed by atoms with Crippen molar-refractivity contribution >= 4 is 35.4 Å². The third-order valence-corrected chi connectivity index (χ3v) is 3.38. The van der Waals surface area contributed by atoms with Crippen LogP contribution in [0.25, 0.3) is 0 Å². The zero-order chi connectivity index (χ0) is 19.1. The van der Waals surface area contributed by atoms with E-state index in [4.69, 9.17) is 21.1 Å². The standard InChI is InChI=1S/C19H14ClN3O4/c20-13-11-16(22-18(24)26-14-7-3-1-4-8-14)21-17(12-13)23-19(25)27-15-9-5-2-6-10-15/h1-12H,(H2,21,22,23,24,25). The van der Waals surface area contributed by atoms with Crippen LogP contribution in [-0.2, 0) is 0 Å². The molecular formula is C19H14ClN3O4. The third-order valence-electron chi connectivity index (χ3n) is 3.16. The highest BCUT2D eigenvalue weighted by atomic mass is 35.5. The molecule has 2 N–H and O–H groups in total. The maximum Gasteiger partial charge on any atom is 0.418 e. The van der Waals surface area contributed by atoms with E-state index in [1.165, 1.54) is 12.1 Å². The summed E-state index contributed by atoms with van der Waals surface area (Å²) in [5, 5.41) is 5.15. The van der Waals surface area contributed by atoms with Gasteiger partial charge in [-0.2, -0.15) is 0 Å². The summed E-state index contributed by atoms with van der Waals surface area (Å²) < 4.78 is 10.2. The van der Waals surface area contributed by atoms with E-state index in [0.29, 0.717) is 11.5 Å². The molecule has 0 radical (unpaired) electrons. The Morgan fingerprint density at radius 1 is 0.741 bits per heavy atom. The first-order valence-corrected chi connectivity index (χ1v) is 8.21. The molecule has 3 rings (SSSR count). The number of carbonyl (C=O) groups is 2. The number of halogens is 1. The molecule has 136 valence electrons. The van der Waals surface area contributed by atoms with Crippen molar-refractivity contribution in [1.29, 1.82) is 0 Å². The molecule has 0 atom stereocenters. The second-order valence-corrected chi connectivity index (χ2v) is 5.65. The van der Waals surface area contributed by atoms with Crippen LogP contribution in [0.5, 0.6) is 11.5 Å². The lowest BCUT2D eigenvalue weighted by Gasteiger charge is -2.09. The van der Waals surface area contributed by atoms with Gasteiger partial charge in [0, 0.05) is 5.02 Å². The van der Waals surface area contributed by atoms with Crippen molar-refractivity contribution < 1.29 is 19.1 Å². The van der Waals surface area contributed by atoms with Crippen LogP contribution in [0.1, 0.15) is 0 Å². The minimum atomic E-state index is -0.742. The number of nitrogens with one attached hydrogen (secondary N) is 2. The van der Waals surface area contributed by atoms with Crippen LogP contribution in [0.3, 0.4) is 0 Å². The van der Waals surface area contributed by atoms with Gasteiger partial charge in [0.25, 0.3) is 0 Å². The molecule has 0 bridgehead atoms. The Hall–Kier alpha value is -3.58. The van der Waals surface area contributed by atoms with Crippen LogP contribution in [0, 0.1) is 0 Å². The van der Waals surface area contributed by atoms with Gasteiger partial charge in [0.15, 0.2) is 0 Å². The maximum absolute atomic E-state index is 11.9. The highest BCUT2D eigenvalue weighted by molar-refractivity contribution is 6.31. The van der Waals surface area contributed by atoms with Crippen molar-refractivity contribution in [3.8, 4) is 11.5 Å². The minimum absolute atomic E-state index is 0.110. The molecule has 3 aromatic rings. The minimum Gasteiger partial charge on any atom is -0.410 e. The summed E-state index contributed by atoms with van der Waals surface area (Å²) in [6.07, 6.45) is -1.48. The summed E-state index contributed by atoms with van der Waals surface area (Å²) in [4.78, 5) is 28.0. The zero-order valence-corrected chi connectivity index (χ0v) is 14.6. The first kappa shape index (κ1) is 18.2. The number of hydrogen-bond acceptors (Lipinski definition) is 5. The molecule has 0 saturated carbocycles. The average molecular weight is 384 g/mol. The molecule has 0 aliphatic carbocycles. The summed E-state index contributed by atoms with van der Waals surface area (Å²) in [7, 11) is 0. The Labute approximate surface area is 159 Å². The number of aromatic nitrogens is 1. The van der Waals surface area contributed by atoms with Crippen LogP contribution in [0.2, 0.25) is 5.02 Å². The number of rotatable bonds is 4. The lowest BCUT2D eigenvalue weighted by Crippen LogP contribution is -2.20. The van der Waals surface area contributed by atoms with E-state index in [2.05, 4.69) is 15.6 Å². The Morgan fingerprint density at radius 3 is 1.56 bits per heavy atom. The number of benzene rings is 2. The van der Waals surface area contributed by atoms with Crippen LogP contribution < -0.4 is 20.1 Å². The fraction of sp³-hybridized carbons (Fsp3) is 0. The van der Waals surface area contributed by atoms with E-state index >= 15 is 0 Å². The Bertz CT molecular complexity index is 862. The molecule has 0 unspecified atom stereocenters. The van der Waals surface area contributed by atoms with E-state index < -0.39 is 12.2 Å². The Morgan fingerprint density at radius 2 is 1.15 bits per heavy atom. The van der Waals surface area contributed by atoms with E-state index in [9.17, 15) is 9.59 Å². The number of amides is 2. The third kappa shape index (κ3) is 5.72. The van der Waals surface area contributed by atoms with Crippen LogP contribution in [0.15, 0.2) is 72.8 Å². The SMILES string of the molecule is O=C(Nc1cc(Cl)cc(NC(=O)Oc2ccccc2)n1)Oc1ccccc1. The summed E-state index contributed by atoms with van der Waals surface area (Å²) in [6, 6.07) is 19.9. The zero-order valence-electron chi connectivity index (χ0n) is 13.9. The molecule has 0 fully saturated rings. The molecule has 7 nitrogen and oxygen atoms in total. The van der Waals surface area contributed by atoms with E-state index in [1.807, 2.05) is 0 Å². The molecule has 0 saturated heterocycles. The topological polar surface area (TPSA) is 89.6 Å². The number of ether oxygens (including phenoxy) is 2. The predicted molar refractivity (Wildman–Crippen MR) is 101 cm³/mol. The number of nitrogens with zero attached hydrogens (tertiary/aromatic N) is 1. The van der Waals surface area contributed by atoms with Gasteiger partial charge in [-0.25, -0.2) is 14.6 Å². The van der Waals surface area contributed by atoms with Crippen molar-refractivity contribution in [1.82, 2.24) is 4.98 Å². The lowest BCUT2D eigenvalue weighted by atomic mass is 10.3. The second kappa shape index (κ2) is 8.68. The first-order valence-electron chi connectivity index (χ1n) is 7.84. The summed E-state index contributed by atoms with van der Waals surface area (Å²) in [5.41, 5.74) is 0. The van der Waals surface area contributed by atoms with Gasteiger partial charge in [-0.05, 0) is 36.4 Å². The van der Waals surface area contributed by atoms with Gasteiger partial charge in [-0.3, -0.25) is 10.6 Å². The average Bonchev–Trinajstić information content (AvgIpc) is 2.62. The van der Waals surface area contributed by atoms with Gasteiger partial charge < -0.3 is 9.47 Å². The fourth-order valence-electron chi connectivity index (χ4n) is 2.08. The predicted octanol–water partition coefficient (Wildman–Crippen LogP) is 4.96. The molecule has 8 heteroatoms. The van der Waals surface area contributed by atoms with Gasteiger partial charge in [0.2, 0.25) is 0 Å². The maximum atomic E-state index is 11.9. The Kier molecular flexibility index (Phi) is 5.86. The van der Waals surface area contributed by atoms with Crippen molar-refractivity contribution in [2.24, 2.45) is 0 Å². The van der Waals surface area contributed by atoms with Gasteiger partial charge in [-0.1, -0.05) is 48.0 Å². The van der Waals surface area contributed by atoms with E-state index in [-0.39, 0.29) is 16.7 Å². The smallest absolute Gasteiger partial charge is 0.410 e. The van der Waals surface area contributed by atoms with Crippen molar-refractivity contribution in [2.45, 2.75) is 0 Å². The number of anilines is 2. The monoisotopic (exact) mass is 383 g/mol.